The number of fused-ring (bicyclic) bond motifs is 9. The Kier molecular flexibility index (Phi) is 4.32. The maximum atomic E-state index is 13.3. The van der Waals surface area contributed by atoms with E-state index in [-0.39, 0.29) is 17.0 Å². The first kappa shape index (κ1) is 21.7. The molecule has 0 heterocycles. The zero-order valence-electron chi connectivity index (χ0n) is 19.6. The van der Waals surface area contributed by atoms with Gasteiger partial charge in [-0.3, -0.25) is 9.59 Å². The van der Waals surface area contributed by atoms with E-state index in [1.807, 2.05) is 24.3 Å². The van der Waals surface area contributed by atoms with Crippen LogP contribution in [0.5, 0.6) is 0 Å². The van der Waals surface area contributed by atoms with Crippen LogP contribution in [0.1, 0.15) is 54.1 Å². The van der Waals surface area contributed by atoms with Gasteiger partial charge in [0.1, 0.15) is 0 Å². The minimum atomic E-state index is -0.139. The molecule has 1 spiro atoms. The molecule has 0 saturated heterocycles. The molecule has 176 valence electrons. The number of halogens is 2. The lowest BCUT2D eigenvalue weighted by molar-refractivity contribution is 0.0979. The van der Waals surface area contributed by atoms with Crippen molar-refractivity contribution in [2.24, 2.45) is 0 Å². The molecule has 0 unspecified atom stereocenters. The Morgan fingerprint density at radius 3 is 1.43 bits per heavy atom. The number of hydrogen-bond acceptors (Lipinski definition) is 2. The highest BCUT2D eigenvalue weighted by atomic mass is 79.9. The average molecular weight is 606 g/mol. The third-order valence-corrected chi connectivity index (χ3v) is 9.46. The molecule has 0 atom stereocenters. The van der Waals surface area contributed by atoms with Gasteiger partial charge in [-0.15, -0.1) is 0 Å². The van der Waals surface area contributed by atoms with Crippen molar-refractivity contribution in [2.75, 3.05) is 0 Å². The van der Waals surface area contributed by atoms with E-state index >= 15 is 0 Å². The average Bonchev–Trinajstić information content (AvgIpc) is 3.39. The quantitative estimate of drug-likeness (QED) is 0.175. The highest BCUT2D eigenvalue weighted by Gasteiger charge is 2.47. The van der Waals surface area contributed by atoms with Crippen molar-refractivity contribution >= 4 is 54.2 Å². The molecule has 0 bridgehead atoms. The Morgan fingerprint density at radius 1 is 0.514 bits per heavy atom. The summed E-state index contributed by atoms with van der Waals surface area (Å²) in [6, 6.07) is 28.7. The summed E-state index contributed by atoms with van der Waals surface area (Å²) in [4.78, 5) is 26.6. The van der Waals surface area contributed by atoms with E-state index in [4.69, 9.17) is 0 Å². The number of ketones is 2. The molecule has 5 aromatic carbocycles. The van der Waals surface area contributed by atoms with E-state index in [9.17, 15) is 9.59 Å². The number of carbonyl (C=O) groups excluding carboxylic acids is 2. The SMILES string of the molecule is O=C1c2ccccc2C(=O)c2cc3cc4c(cc3cc21)CC1(C4)c2cc(Br)ccc2-c2ccc(Br)cc21. The predicted octanol–water partition coefficient (Wildman–Crippen LogP) is 8.21. The van der Waals surface area contributed by atoms with Crippen molar-refractivity contribution in [3.8, 4) is 11.1 Å². The molecular weight excluding hydrogens is 588 g/mol. The lowest BCUT2D eigenvalue weighted by Gasteiger charge is -2.27. The van der Waals surface area contributed by atoms with Crippen LogP contribution in [0.2, 0.25) is 0 Å². The molecule has 2 nitrogen and oxygen atoms in total. The first-order valence-electron chi connectivity index (χ1n) is 12.3. The highest BCUT2D eigenvalue weighted by Crippen LogP contribution is 2.56. The smallest absolute Gasteiger partial charge is 0.194 e. The Hall–Kier alpha value is -3.34. The number of rotatable bonds is 0. The number of carbonyl (C=O) groups is 2. The van der Waals surface area contributed by atoms with E-state index < -0.39 is 0 Å². The van der Waals surface area contributed by atoms with Gasteiger partial charge in [-0.25, -0.2) is 0 Å². The van der Waals surface area contributed by atoms with Crippen molar-refractivity contribution < 1.29 is 9.59 Å². The fourth-order valence-electron chi connectivity index (χ4n) is 6.85. The van der Waals surface area contributed by atoms with E-state index in [2.05, 4.69) is 80.4 Å². The Labute approximate surface area is 230 Å². The van der Waals surface area contributed by atoms with Gasteiger partial charge in [-0.05, 0) is 93.4 Å². The molecule has 3 aliphatic rings. The van der Waals surface area contributed by atoms with Crippen LogP contribution in [0.25, 0.3) is 21.9 Å². The molecule has 5 aromatic rings. The third kappa shape index (κ3) is 2.86. The van der Waals surface area contributed by atoms with Crippen LogP contribution in [0.15, 0.2) is 93.9 Å². The van der Waals surface area contributed by atoms with Crippen LogP contribution in [0, 0.1) is 0 Å². The van der Waals surface area contributed by atoms with Crippen molar-refractivity contribution in [3.63, 3.8) is 0 Å². The lowest BCUT2D eigenvalue weighted by Crippen LogP contribution is -2.25. The minimum absolute atomic E-state index is 0.0718. The van der Waals surface area contributed by atoms with E-state index in [0.717, 1.165) is 32.6 Å². The second kappa shape index (κ2) is 7.37. The third-order valence-electron chi connectivity index (χ3n) is 8.47. The molecule has 0 saturated carbocycles. The van der Waals surface area contributed by atoms with Crippen LogP contribution in [-0.2, 0) is 18.3 Å². The Bertz CT molecular complexity index is 1760. The van der Waals surface area contributed by atoms with Gasteiger partial charge in [0.05, 0.1) is 0 Å². The summed E-state index contributed by atoms with van der Waals surface area (Å²) >= 11 is 7.43. The second-order valence-corrected chi connectivity index (χ2v) is 12.2. The second-order valence-electron chi connectivity index (χ2n) is 10.4. The van der Waals surface area contributed by atoms with Gasteiger partial charge in [0, 0.05) is 36.6 Å². The first-order chi connectivity index (χ1) is 17.9. The Morgan fingerprint density at radius 2 is 0.973 bits per heavy atom. The normalized spacial score (nSPS) is 15.9. The lowest BCUT2D eigenvalue weighted by atomic mass is 9.76. The fourth-order valence-corrected chi connectivity index (χ4v) is 7.57. The maximum absolute atomic E-state index is 13.3. The summed E-state index contributed by atoms with van der Waals surface area (Å²) in [7, 11) is 0. The standard InChI is InChI=1S/C33H18Br2O2/c34-21-5-7-23-24-8-6-22(35)14-30(24)33(29(23)13-21)15-19-9-17-11-27-28(12-18(17)10-20(19)16-33)32(37)26-4-2-1-3-25(26)31(27)36/h1-14H,15-16H2. The van der Waals surface area contributed by atoms with E-state index in [0.29, 0.717) is 22.3 Å². The van der Waals surface area contributed by atoms with Crippen molar-refractivity contribution in [2.45, 2.75) is 18.3 Å². The van der Waals surface area contributed by atoms with Crippen molar-refractivity contribution in [1.82, 2.24) is 0 Å². The largest absolute Gasteiger partial charge is 0.289 e. The molecule has 0 fully saturated rings. The summed E-state index contributed by atoms with van der Waals surface area (Å²) in [5, 5.41) is 2.02. The molecule has 0 amide bonds. The summed E-state index contributed by atoms with van der Waals surface area (Å²) < 4.78 is 2.17. The summed E-state index contributed by atoms with van der Waals surface area (Å²) in [5.41, 5.74) is 9.79. The Balaban J connectivity index is 1.32. The number of hydrogen-bond donors (Lipinski definition) is 0. The monoisotopic (exact) mass is 604 g/mol. The van der Waals surface area contributed by atoms with Gasteiger partial charge in [0.25, 0.3) is 0 Å². The van der Waals surface area contributed by atoms with E-state index in [1.165, 1.54) is 33.4 Å². The first-order valence-corrected chi connectivity index (χ1v) is 13.9. The van der Waals surface area contributed by atoms with Crippen LogP contribution < -0.4 is 0 Å². The molecular formula is C33H18Br2O2. The topological polar surface area (TPSA) is 34.1 Å². The highest BCUT2D eigenvalue weighted by molar-refractivity contribution is 9.10. The summed E-state index contributed by atoms with van der Waals surface area (Å²) in [6.07, 6.45) is 1.80. The van der Waals surface area contributed by atoms with Crippen LogP contribution in [0.3, 0.4) is 0 Å². The van der Waals surface area contributed by atoms with Gasteiger partial charge >= 0.3 is 0 Å². The van der Waals surface area contributed by atoms with Crippen LogP contribution in [0.4, 0.5) is 0 Å². The minimum Gasteiger partial charge on any atom is -0.289 e. The molecule has 8 rings (SSSR count). The molecule has 37 heavy (non-hydrogen) atoms. The zero-order chi connectivity index (χ0) is 25.1. The van der Waals surface area contributed by atoms with E-state index in [1.54, 1.807) is 12.1 Å². The van der Waals surface area contributed by atoms with Gasteiger partial charge in [0.15, 0.2) is 11.6 Å². The molecule has 0 aliphatic heterocycles. The number of benzene rings is 5. The molecule has 0 radical (unpaired) electrons. The van der Waals surface area contributed by atoms with Gasteiger partial charge < -0.3 is 0 Å². The predicted molar refractivity (Wildman–Crippen MR) is 153 cm³/mol. The molecule has 4 heteroatoms. The zero-order valence-corrected chi connectivity index (χ0v) is 22.7. The van der Waals surface area contributed by atoms with Crippen molar-refractivity contribution in [1.29, 1.82) is 0 Å². The molecule has 3 aliphatic carbocycles. The summed E-state index contributed by atoms with van der Waals surface area (Å²) in [6.45, 7) is 0. The van der Waals surface area contributed by atoms with Gasteiger partial charge in [0.2, 0.25) is 0 Å². The molecule has 0 aromatic heterocycles. The van der Waals surface area contributed by atoms with Gasteiger partial charge in [-0.2, -0.15) is 0 Å². The van der Waals surface area contributed by atoms with Crippen molar-refractivity contribution in [3.05, 3.63) is 138 Å². The summed E-state index contributed by atoms with van der Waals surface area (Å²) in [5.74, 6) is -0.144. The molecule has 0 N–H and O–H groups in total. The van der Waals surface area contributed by atoms with Crippen LogP contribution >= 0.6 is 31.9 Å². The maximum Gasteiger partial charge on any atom is 0.194 e. The van der Waals surface area contributed by atoms with Gasteiger partial charge in [-0.1, -0.05) is 80.4 Å². The fraction of sp³-hybridized carbons (Fsp3) is 0.0909. The van der Waals surface area contributed by atoms with Crippen LogP contribution in [-0.4, -0.2) is 11.6 Å².